The van der Waals surface area contributed by atoms with Gasteiger partial charge in [0.2, 0.25) is 11.9 Å². The largest absolute Gasteiger partial charge is 0.382 e. The summed E-state index contributed by atoms with van der Waals surface area (Å²) in [6.07, 6.45) is 5.37. The molecule has 1 saturated carbocycles. The first-order valence-corrected chi connectivity index (χ1v) is 8.25. The average Bonchev–Trinajstić information content (AvgIpc) is 2.93. The van der Waals surface area contributed by atoms with Crippen molar-refractivity contribution in [3.8, 4) is 0 Å². The van der Waals surface area contributed by atoms with Gasteiger partial charge in [-0.15, -0.1) is 0 Å². The van der Waals surface area contributed by atoms with Crippen LogP contribution in [0.5, 0.6) is 0 Å². The average molecular weight is 321 g/mol. The van der Waals surface area contributed by atoms with E-state index in [0.717, 1.165) is 31.4 Å². The first-order valence-electron chi connectivity index (χ1n) is 8.25. The molecule has 1 heterocycles. The van der Waals surface area contributed by atoms with Crippen LogP contribution in [-0.4, -0.2) is 41.8 Å². The SMILES string of the molecule is COCC(C)N=C(NC(=O)C1CCCCC1)Nc1cc(C)[nH]n1. The van der Waals surface area contributed by atoms with E-state index >= 15 is 0 Å². The van der Waals surface area contributed by atoms with E-state index in [-0.39, 0.29) is 17.9 Å². The topological polar surface area (TPSA) is 91.4 Å². The minimum Gasteiger partial charge on any atom is -0.382 e. The molecule has 2 rings (SSSR count). The number of aromatic amines is 1. The molecule has 0 saturated heterocycles. The molecule has 0 spiro atoms. The Morgan fingerprint density at radius 1 is 1.48 bits per heavy atom. The summed E-state index contributed by atoms with van der Waals surface area (Å²) < 4.78 is 5.11. The van der Waals surface area contributed by atoms with Gasteiger partial charge in [0.25, 0.3) is 0 Å². The highest BCUT2D eigenvalue weighted by Gasteiger charge is 2.22. The van der Waals surface area contributed by atoms with Gasteiger partial charge < -0.3 is 10.1 Å². The number of carbonyl (C=O) groups excluding carboxylic acids is 1. The maximum atomic E-state index is 12.5. The summed E-state index contributed by atoms with van der Waals surface area (Å²) in [5.41, 5.74) is 0.940. The predicted molar refractivity (Wildman–Crippen MR) is 90.4 cm³/mol. The van der Waals surface area contributed by atoms with Crippen LogP contribution in [-0.2, 0) is 9.53 Å². The number of carbonyl (C=O) groups is 1. The van der Waals surface area contributed by atoms with Crippen molar-refractivity contribution in [3.63, 3.8) is 0 Å². The third kappa shape index (κ3) is 5.67. The van der Waals surface area contributed by atoms with Crippen LogP contribution in [0.1, 0.15) is 44.7 Å². The van der Waals surface area contributed by atoms with Gasteiger partial charge in [0.1, 0.15) is 0 Å². The molecular weight excluding hydrogens is 294 g/mol. The standard InChI is InChI=1S/C16H27N5O2/c1-11-9-14(21-20-11)18-16(17-12(2)10-23-3)19-15(22)13-7-5-4-6-8-13/h9,12-13H,4-8,10H2,1-3H3,(H3,17,18,19,20,21,22). The van der Waals surface area contributed by atoms with Crippen molar-refractivity contribution in [1.29, 1.82) is 0 Å². The van der Waals surface area contributed by atoms with Gasteiger partial charge in [-0.3, -0.25) is 15.2 Å². The number of hydrogen-bond donors (Lipinski definition) is 3. The first-order chi connectivity index (χ1) is 11.1. The van der Waals surface area contributed by atoms with Gasteiger partial charge in [0.15, 0.2) is 5.82 Å². The number of aromatic nitrogens is 2. The molecule has 128 valence electrons. The fourth-order valence-corrected chi connectivity index (χ4v) is 2.78. The lowest BCUT2D eigenvalue weighted by molar-refractivity contribution is -0.124. The van der Waals surface area contributed by atoms with E-state index < -0.39 is 0 Å². The highest BCUT2D eigenvalue weighted by atomic mass is 16.5. The molecule has 7 heteroatoms. The molecule has 1 amide bonds. The van der Waals surface area contributed by atoms with Crippen LogP contribution < -0.4 is 10.6 Å². The molecule has 0 aromatic carbocycles. The quantitative estimate of drug-likeness (QED) is 0.573. The lowest BCUT2D eigenvalue weighted by atomic mass is 9.89. The number of ether oxygens (including phenoxy) is 1. The van der Waals surface area contributed by atoms with Crippen molar-refractivity contribution in [1.82, 2.24) is 15.5 Å². The van der Waals surface area contributed by atoms with E-state index in [0.29, 0.717) is 18.4 Å². The van der Waals surface area contributed by atoms with E-state index in [9.17, 15) is 4.79 Å². The lowest BCUT2D eigenvalue weighted by Crippen LogP contribution is -2.41. The second-order valence-electron chi connectivity index (χ2n) is 6.17. The number of nitrogens with zero attached hydrogens (tertiary/aromatic N) is 2. The van der Waals surface area contributed by atoms with Crippen LogP contribution in [0.25, 0.3) is 0 Å². The number of aryl methyl sites for hydroxylation is 1. The van der Waals surface area contributed by atoms with Crippen LogP contribution in [0.4, 0.5) is 5.82 Å². The Kier molecular flexibility index (Phi) is 6.58. The Bertz CT molecular complexity index is 534. The first kappa shape index (κ1) is 17.5. The number of H-pyrrole nitrogens is 1. The summed E-state index contributed by atoms with van der Waals surface area (Å²) >= 11 is 0. The summed E-state index contributed by atoms with van der Waals surface area (Å²) in [7, 11) is 1.64. The number of rotatable bonds is 5. The molecule has 1 aliphatic carbocycles. The zero-order chi connectivity index (χ0) is 16.7. The Morgan fingerprint density at radius 3 is 2.83 bits per heavy atom. The second kappa shape index (κ2) is 8.67. The molecule has 7 nitrogen and oxygen atoms in total. The van der Waals surface area contributed by atoms with Gasteiger partial charge in [0, 0.05) is 24.8 Å². The second-order valence-corrected chi connectivity index (χ2v) is 6.17. The molecule has 0 aliphatic heterocycles. The molecule has 1 aliphatic rings. The zero-order valence-corrected chi connectivity index (χ0v) is 14.2. The van der Waals surface area contributed by atoms with Crippen LogP contribution in [0.3, 0.4) is 0 Å². The normalized spacial score (nSPS) is 17.8. The van der Waals surface area contributed by atoms with E-state index in [1.165, 1.54) is 6.42 Å². The van der Waals surface area contributed by atoms with Crippen molar-refractivity contribution in [2.24, 2.45) is 10.9 Å². The Hall–Kier alpha value is -1.89. The maximum absolute atomic E-state index is 12.5. The summed E-state index contributed by atoms with van der Waals surface area (Å²) in [4.78, 5) is 17.0. The summed E-state index contributed by atoms with van der Waals surface area (Å²) in [6.45, 7) is 4.35. The predicted octanol–water partition coefficient (Wildman–Crippen LogP) is 2.22. The van der Waals surface area contributed by atoms with Crippen LogP contribution >= 0.6 is 0 Å². The molecule has 0 radical (unpaired) electrons. The van der Waals surface area contributed by atoms with Crippen molar-refractivity contribution < 1.29 is 9.53 Å². The molecule has 1 aromatic heterocycles. The van der Waals surface area contributed by atoms with Gasteiger partial charge in [-0.2, -0.15) is 5.10 Å². The number of guanidine groups is 1. The van der Waals surface area contributed by atoms with Gasteiger partial charge in [-0.25, -0.2) is 4.99 Å². The Morgan fingerprint density at radius 2 is 2.22 bits per heavy atom. The third-order valence-electron chi connectivity index (χ3n) is 3.93. The zero-order valence-electron chi connectivity index (χ0n) is 14.2. The van der Waals surface area contributed by atoms with Crippen LogP contribution in [0.2, 0.25) is 0 Å². The monoisotopic (exact) mass is 321 g/mol. The van der Waals surface area contributed by atoms with E-state index in [4.69, 9.17) is 4.74 Å². The molecule has 1 aromatic rings. The number of hydrogen-bond acceptors (Lipinski definition) is 4. The van der Waals surface area contributed by atoms with E-state index in [2.05, 4.69) is 25.8 Å². The van der Waals surface area contributed by atoms with Crippen molar-refractivity contribution in [2.75, 3.05) is 19.0 Å². The minimum atomic E-state index is -0.0609. The van der Waals surface area contributed by atoms with Gasteiger partial charge in [-0.05, 0) is 26.7 Å². The molecule has 1 atom stereocenters. The third-order valence-corrected chi connectivity index (χ3v) is 3.93. The van der Waals surface area contributed by atoms with E-state index in [1.54, 1.807) is 7.11 Å². The number of methoxy groups -OCH3 is 1. The summed E-state index contributed by atoms with van der Waals surface area (Å²) in [5, 5.41) is 13.0. The lowest BCUT2D eigenvalue weighted by Gasteiger charge is -2.21. The number of amides is 1. The van der Waals surface area contributed by atoms with Crippen molar-refractivity contribution >= 4 is 17.7 Å². The molecule has 0 bridgehead atoms. The highest BCUT2D eigenvalue weighted by molar-refractivity contribution is 6.04. The molecule has 1 unspecified atom stereocenters. The van der Waals surface area contributed by atoms with Crippen LogP contribution in [0, 0.1) is 12.8 Å². The molecular formula is C16H27N5O2. The Balaban J connectivity index is 2.04. The van der Waals surface area contributed by atoms with Gasteiger partial charge in [-0.1, -0.05) is 19.3 Å². The number of anilines is 1. The smallest absolute Gasteiger partial charge is 0.229 e. The van der Waals surface area contributed by atoms with Crippen molar-refractivity contribution in [2.45, 2.75) is 52.0 Å². The number of nitrogens with one attached hydrogen (secondary N) is 3. The van der Waals surface area contributed by atoms with E-state index in [1.807, 2.05) is 19.9 Å². The number of aliphatic imine (C=N–C) groups is 1. The van der Waals surface area contributed by atoms with Crippen LogP contribution in [0.15, 0.2) is 11.1 Å². The highest BCUT2D eigenvalue weighted by Crippen LogP contribution is 2.23. The summed E-state index contributed by atoms with van der Waals surface area (Å²) in [5.74, 6) is 1.17. The molecule has 23 heavy (non-hydrogen) atoms. The fourth-order valence-electron chi connectivity index (χ4n) is 2.78. The van der Waals surface area contributed by atoms with Crippen molar-refractivity contribution in [3.05, 3.63) is 11.8 Å². The minimum absolute atomic E-state index is 0.0350. The maximum Gasteiger partial charge on any atom is 0.229 e. The van der Waals surface area contributed by atoms with Gasteiger partial charge in [0.05, 0.1) is 12.6 Å². The summed E-state index contributed by atoms with van der Waals surface area (Å²) in [6, 6.07) is 1.80. The fraction of sp³-hybridized carbons (Fsp3) is 0.688. The molecule has 3 N–H and O–H groups in total. The molecule has 1 fully saturated rings. The van der Waals surface area contributed by atoms with Gasteiger partial charge >= 0.3 is 0 Å². The Labute approximate surface area is 137 Å².